The number of aliphatic hydroxyl groups excluding tert-OH is 1. The molecule has 0 radical (unpaired) electrons. The van der Waals surface area contributed by atoms with Crippen molar-refractivity contribution in [3.63, 3.8) is 0 Å². The second-order valence-electron chi connectivity index (χ2n) is 13.2. The van der Waals surface area contributed by atoms with Crippen molar-refractivity contribution in [1.29, 1.82) is 0 Å². The van der Waals surface area contributed by atoms with Crippen LogP contribution in [0.4, 0.5) is 0 Å². The lowest BCUT2D eigenvalue weighted by Crippen LogP contribution is -2.68. The van der Waals surface area contributed by atoms with Gasteiger partial charge in [-0.15, -0.1) is 10.2 Å². The van der Waals surface area contributed by atoms with Crippen LogP contribution in [0.2, 0.25) is 0 Å². The third-order valence-corrected chi connectivity index (χ3v) is 9.94. The molecule has 3 aliphatic rings. The summed E-state index contributed by atoms with van der Waals surface area (Å²) in [6.45, 7) is 10.5. The maximum atomic E-state index is 13.4. The topological polar surface area (TPSA) is 161 Å². The lowest BCUT2D eigenvalue weighted by molar-refractivity contribution is -0.256. The minimum absolute atomic E-state index is 0.00272. The fraction of sp³-hybridized carbons (Fsp3) is 0.515. The Morgan fingerprint density at radius 1 is 1.09 bits per heavy atom. The number of nitrogens with one attached hydrogen (secondary N) is 1. The van der Waals surface area contributed by atoms with Crippen molar-refractivity contribution in [2.75, 3.05) is 20.1 Å². The zero-order chi connectivity index (χ0) is 32.1. The van der Waals surface area contributed by atoms with Crippen molar-refractivity contribution < 1.29 is 30.0 Å². The Labute approximate surface area is 257 Å². The van der Waals surface area contributed by atoms with Gasteiger partial charge in [-0.05, 0) is 85.3 Å². The second kappa shape index (κ2) is 11.5. The van der Waals surface area contributed by atoms with Gasteiger partial charge in [0, 0.05) is 37.5 Å². The summed E-state index contributed by atoms with van der Waals surface area (Å²) in [5, 5.41) is 54.4. The van der Waals surface area contributed by atoms with Crippen LogP contribution in [0, 0.1) is 17.3 Å². The molecule has 2 aromatic carbocycles. The largest absolute Gasteiger partial charge is 0.508 e. The fourth-order valence-corrected chi connectivity index (χ4v) is 7.06. The van der Waals surface area contributed by atoms with Crippen molar-refractivity contribution in [3.8, 4) is 28.6 Å². The molecule has 2 amide bonds. The van der Waals surface area contributed by atoms with E-state index in [9.17, 15) is 30.0 Å². The number of nitrogens with zero attached hydrogens (tertiary/aromatic N) is 4. The van der Waals surface area contributed by atoms with E-state index in [4.69, 9.17) is 0 Å². The van der Waals surface area contributed by atoms with Crippen molar-refractivity contribution in [1.82, 2.24) is 25.0 Å². The van der Waals surface area contributed by atoms with E-state index in [0.717, 1.165) is 6.42 Å². The maximum absolute atomic E-state index is 13.4. The Bertz CT molecular complexity index is 1570. The van der Waals surface area contributed by atoms with Crippen LogP contribution in [-0.2, 0) is 0 Å². The van der Waals surface area contributed by atoms with Gasteiger partial charge in [-0.3, -0.25) is 14.2 Å². The Balaban J connectivity index is 1.41. The molecule has 3 aromatic rings. The summed E-state index contributed by atoms with van der Waals surface area (Å²) in [4.78, 5) is 27.9. The average Bonchev–Trinajstić information content (AvgIpc) is 3.42. The van der Waals surface area contributed by atoms with Gasteiger partial charge in [0.1, 0.15) is 11.5 Å². The van der Waals surface area contributed by atoms with Gasteiger partial charge in [-0.25, -0.2) is 0 Å². The molecule has 4 atom stereocenters. The molecule has 5 N–H and O–H groups in total. The first-order valence-corrected chi connectivity index (χ1v) is 15.3. The molecule has 0 saturated heterocycles. The number of carbonyl (C=O) groups is 2. The van der Waals surface area contributed by atoms with E-state index in [1.165, 1.54) is 10.6 Å². The molecule has 3 fully saturated rings. The number of benzene rings is 2. The van der Waals surface area contributed by atoms with Gasteiger partial charge in [0.15, 0.2) is 5.82 Å². The van der Waals surface area contributed by atoms with Crippen LogP contribution in [0.1, 0.15) is 86.3 Å². The molecule has 11 heteroatoms. The summed E-state index contributed by atoms with van der Waals surface area (Å²) in [7, 11) is 1.68. The summed E-state index contributed by atoms with van der Waals surface area (Å²) in [6.07, 6.45) is 0.945. The summed E-state index contributed by atoms with van der Waals surface area (Å²) >= 11 is 0. The Hall–Kier alpha value is -3.96. The molecule has 0 aliphatic heterocycles. The molecule has 0 spiro atoms. The molecule has 3 aliphatic carbocycles. The minimum Gasteiger partial charge on any atom is -0.508 e. The molecular weight excluding hydrogens is 562 g/mol. The van der Waals surface area contributed by atoms with Crippen LogP contribution in [-0.4, -0.2) is 83.7 Å². The van der Waals surface area contributed by atoms with Gasteiger partial charge in [-0.2, -0.15) is 0 Å². The van der Waals surface area contributed by atoms with Crippen LogP contribution < -0.4 is 5.32 Å². The molecule has 6 rings (SSSR count). The van der Waals surface area contributed by atoms with Gasteiger partial charge >= 0.3 is 0 Å². The molecule has 0 unspecified atom stereocenters. The first kappa shape index (κ1) is 31.5. The first-order chi connectivity index (χ1) is 20.7. The van der Waals surface area contributed by atoms with Gasteiger partial charge in [0.2, 0.25) is 5.82 Å². The van der Waals surface area contributed by atoms with Gasteiger partial charge < -0.3 is 30.6 Å². The number of phenolic OH excluding ortho intramolecular Hbond substituents is 2. The third kappa shape index (κ3) is 5.21. The summed E-state index contributed by atoms with van der Waals surface area (Å²) in [6, 6.07) is 9.51. The second-order valence-corrected chi connectivity index (χ2v) is 13.2. The van der Waals surface area contributed by atoms with Crippen LogP contribution in [0.3, 0.4) is 0 Å². The average molecular weight is 606 g/mol. The number of aliphatic hydroxyl groups is 2. The van der Waals surface area contributed by atoms with Gasteiger partial charge in [0.25, 0.3) is 11.8 Å². The number of aromatic hydroxyl groups is 2. The first-order valence-electron chi connectivity index (χ1n) is 15.3. The number of carbonyl (C=O) groups excluding carboxylic acids is 2. The van der Waals surface area contributed by atoms with E-state index < -0.39 is 17.6 Å². The number of aromatic nitrogens is 3. The monoisotopic (exact) mass is 605 g/mol. The van der Waals surface area contributed by atoms with E-state index in [-0.39, 0.29) is 59.3 Å². The number of rotatable bonds is 9. The van der Waals surface area contributed by atoms with E-state index in [0.29, 0.717) is 41.3 Å². The normalized spacial score (nSPS) is 23.7. The lowest BCUT2D eigenvalue weighted by Gasteiger charge is -2.65. The molecule has 1 aromatic heterocycles. The van der Waals surface area contributed by atoms with Crippen molar-refractivity contribution in [2.24, 2.45) is 17.3 Å². The zero-order valence-electron chi connectivity index (χ0n) is 26.2. The van der Waals surface area contributed by atoms with Gasteiger partial charge in [-0.1, -0.05) is 27.7 Å². The molecule has 236 valence electrons. The molecule has 11 nitrogen and oxygen atoms in total. The smallest absolute Gasteiger partial charge is 0.289 e. The molecule has 3 saturated carbocycles. The Kier molecular flexibility index (Phi) is 8.24. The number of hydrogen-bond donors (Lipinski definition) is 5. The Morgan fingerprint density at radius 2 is 1.77 bits per heavy atom. The lowest BCUT2D eigenvalue weighted by atomic mass is 9.43. The molecule has 1 heterocycles. The third-order valence-electron chi connectivity index (χ3n) is 9.94. The molecule has 44 heavy (non-hydrogen) atoms. The van der Waals surface area contributed by atoms with Crippen LogP contribution in [0.25, 0.3) is 17.1 Å². The highest BCUT2D eigenvalue weighted by molar-refractivity contribution is 5.95. The zero-order valence-corrected chi connectivity index (χ0v) is 26.2. The number of phenols is 2. The van der Waals surface area contributed by atoms with Crippen molar-refractivity contribution >= 4 is 11.8 Å². The summed E-state index contributed by atoms with van der Waals surface area (Å²) < 4.78 is 1.51. The highest BCUT2D eigenvalue weighted by Gasteiger charge is 2.64. The summed E-state index contributed by atoms with van der Waals surface area (Å²) in [5.41, 5.74) is 0.519. The van der Waals surface area contributed by atoms with Crippen LogP contribution >= 0.6 is 0 Å². The van der Waals surface area contributed by atoms with E-state index in [2.05, 4.69) is 29.4 Å². The predicted molar refractivity (Wildman–Crippen MR) is 165 cm³/mol. The highest BCUT2D eigenvalue weighted by Crippen LogP contribution is 2.63. The number of amides is 2. The van der Waals surface area contributed by atoms with Crippen LogP contribution in [0.5, 0.6) is 11.5 Å². The molecule has 2 bridgehead atoms. The fourth-order valence-electron chi connectivity index (χ4n) is 7.06. The van der Waals surface area contributed by atoms with Crippen molar-refractivity contribution in [3.05, 3.63) is 53.3 Å². The predicted octanol–water partition coefficient (Wildman–Crippen LogP) is 3.84. The van der Waals surface area contributed by atoms with E-state index >= 15 is 0 Å². The number of fused-ring (bicyclic) bond motifs is 2. The highest BCUT2D eigenvalue weighted by atomic mass is 16.3. The van der Waals surface area contributed by atoms with E-state index in [1.54, 1.807) is 49.2 Å². The van der Waals surface area contributed by atoms with Crippen LogP contribution in [0.15, 0.2) is 36.4 Å². The van der Waals surface area contributed by atoms with Crippen molar-refractivity contribution in [2.45, 2.75) is 71.5 Å². The number of hydrogen-bond acceptors (Lipinski definition) is 8. The Morgan fingerprint density at radius 3 is 2.39 bits per heavy atom. The standard InChI is InChI=1S/C33H43N5O6/c1-7-34-30(42)29-36-35-28(23-16-22(18(2)3)24(39)17-25(23)40)38(29)21-10-8-19(9-11-21)31(43)37(6)13-12-33(44)26-14-20(15-27(33)41)32(26,4)5/h8-11,16-18,20,26-27,39-41,44H,7,12-15H2,1-6H3,(H,34,42)/t20-,26-,27+,33-/m1/s1. The van der Waals surface area contributed by atoms with E-state index in [1.807, 2.05) is 13.8 Å². The maximum Gasteiger partial charge on any atom is 0.289 e. The SMILES string of the molecule is CCNC(=O)c1nnc(-c2cc(C(C)C)c(O)cc2O)n1-c1ccc(C(=O)N(C)CC[C@@]2(O)[C@@H]3C[C@H](C[C@@H]2O)C3(C)C)cc1. The summed E-state index contributed by atoms with van der Waals surface area (Å²) in [5.74, 6) is -0.423. The van der Waals surface area contributed by atoms with Gasteiger partial charge in [0.05, 0.1) is 17.3 Å². The quantitative estimate of drug-likeness (QED) is 0.246. The molecular formula is C33H43N5O6. The minimum atomic E-state index is -1.23.